The van der Waals surface area contributed by atoms with Crippen molar-refractivity contribution in [1.82, 2.24) is 14.8 Å². The molecule has 0 unspecified atom stereocenters. The maximum Gasteiger partial charge on any atom is 0.350 e. The summed E-state index contributed by atoms with van der Waals surface area (Å²) in [6.45, 7) is 0. The number of para-hydroxylation sites is 1. The monoisotopic (exact) mass is 328 g/mol. The molecule has 0 fully saturated rings. The number of amides is 1. The zero-order chi connectivity index (χ0) is 17.2. The molecule has 0 atom stereocenters. The van der Waals surface area contributed by atoms with Gasteiger partial charge in [-0.05, 0) is 22.9 Å². The van der Waals surface area contributed by atoms with Gasteiger partial charge < -0.3 is 0 Å². The van der Waals surface area contributed by atoms with Crippen molar-refractivity contribution in [3.8, 4) is 11.4 Å². The number of anilines is 1. The van der Waals surface area contributed by atoms with Crippen molar-refractivity contribution in [2.75, 3.05) is 11.9 Å². The minimum Gasteiger partial charge on any atom is -0.296 e. The Morgan fingerprint density at radius 3 is 2.48 bits per heavy atom. The van der Waals surface area contributed by atoms with E-state index in [-0.39, 0.29) is 6.03 Å². The van der Waals surface area contributed by atoms with E-state index in [9.17, 15) is 4.79 Å². The number of fused-ring (bicyclic) bond motifs is 1. The molecule has 0 spiro atoms. The lowest BCUT2D eigenvalue weighted by atomic mass is 10.0. The minimum absolute atomic E-state index is 0.259. The third-order valence-electron chi connectivity index (χ3n) is 4.15. The van der Waals surface area contributed by atoms with Crippen molar-refractivity contribution in [2.45, 2.75) is 0 Å². The van der Waals surface area contributed by atoms with Gasteiger partial charge in [0.2, 0.25) is 0 Å². The van der Waals surface area contributed by atoms with Crippen LogP contribution in [0.25, 0.3) is 22.2 Å². The van der Waals surface area contributed by atoms with Crippen molar-refractivity contribution >= 4 is 22.5 Å². The molecule has 0 saturated carbocycles. The molecule has 4 aromatic rings. The molecule has 5 nitrogen and oxygen atoms in total. The quantitative estimate of drug-likeness (QED) is 0.554. The normalized spacial score (nSPS) is 10.8. The van der Waals surface area contributed by atoms with Crippen LogP contribution in [0.15, 0.2) is 79.1 Å². The van der Waals surface area contributed by atoms with Gasteiger partial charge in [0.15, 0.2) is 5.82 Å². The third-order valence-corrected chi connectivity index (χ3v) is 4.15. The maximum absolute atomic E-state index is 12.6. The Labute approximate surface area is 145 Å². The van der Waals surface area contributed by atoms with Gasteiger partial charge >= 0.3 is 6.03 Å². The van der Waals surface area contributed by atoms with Crippen LogP contribution in [0.3, 0.4) is 0 Å². The molecule has 122 valence electrons. The molecule has 0 radical (unpaired) electrons. The number of nitrogens with zero attached hydrogens (tertiary/aromatic N) is 4. The second-order valence-electron chi connectivity index (χ2n) is 5.72. The molecule has 3 aromatic carbocycles. The number of hydrogen-bond donors (Lipinski definition) is 0. The summed E-state index contributed by atoms with van der Waals surface area (Å²) in [6, 6.07) is 23.2. The van der Waals surface area contributed by atoms with Crippen LogP contribution in [-0.4, -0.2) is 27.8 Å². The predicted octanol–water partition coefficient (Wildman–Crippen LogP) is 4.20. The number of rotatable bonds is 2. The van der Waals surface area contributed by atoms with Crippen LogP contribution in [0.2, 0.25) is 0 Å². The van der Waals surface area contributed by atoms with Gasteiger partial charge in [-0.15, -0.1) is 5.10 Å². The predicted molar refractivity (Wildman–Crippen MR) is 98.6 cm³/mol. The molecule has 1 aromatic heterocycles. The largest absolute Gasteiger partial charge is 0.350 e. The van der Waals surface area contributed by atoms with Gasteiger partial charge in [-0.25, -0.2) is 9.78 Å². The van der Waals surface area contributed by atoms with E-state index in [1.165, 1.54) is 11.0 Å². The standard InChI is InChI=1S/C20H16N4O/c1-23(16-10-3-2-4-11-16)20(25)24-14-21-19(22-24)18-13-7-9-15-8-5-6-12-17(15)18/h2-14H,1H3. The Hall–Kier alpha value is -3.47. The summed E-state index contributed by atoms with van der Waals surface area (Å²) >= 11 is 0. The number of carbonyl (C=O) groups excluding carboxylic acids is 1. The molecule has 0 aliphatic rings. The fraction of sp³-hybridized carbons (Fsp3) is 0.0500. The van der Waals surface area contributed by atoms with Crippen LogP contribution >= 0.6 is 0 Å². The number of aromatic nitrogens is 3. The maximum atomic E-state index is 12.6. The fourth-order valence-corrected chi connectivity index (χ4v) is 2.81. The van der Waals surface area contributed by atoms with Crippen molar-refractivity contribution in [3.05, 3.63) is 79.1 Å². The van der Waals surface area contributed by atoms with Crippen LogP contribution in [0.1, 0.15) is 0 Å². The average molecular weight is 328 g/mol. The smallest absolute Gasteiger partial charge is 0.296 e. The first kappa shape index (κ1) is 15.1. The van der Waals surface area contributed by atoms with Crippen molar-refractivity contribution in [1.29, 1.82) is 0 Å². The summed E-state index contributed by atoms with van der Waals surface area (Å²) in [6.07, 6.45) is 1.46. The zero-order valence-corrected chi connectivity index (χ0v) is 13.7. The second-order valence-corrected chi connectivity index (χ2v) is 5.72. The van der Waals surface area contributed by atoms with Gasteiger partial charge in [0.25, 0.3) is 0 Å². The highest BCUT2D eigenvalue weighted by atomic mass is 16.2. The topological polar surface area (TPSA) is 51.0 Å². The summed E-state index contributed by atoms with van der Waals surface area (Å²) in [5.41, 5.74) is 1.71. The highest BCUT2D eigenvalue weighted by molar-refractivity contribution is 5.96. The van der Waals surface area contributed by atoms with Crippen LogP contribution < -0.4 is 4.90 Å². The van der Waals surface area contributed by atoms with Crippen LogP contribution in [-0.2, 0) is 0 Å². The summed E-state index contributed by atoms with van der Waals surface area (Å²) in [5.74, 6) is 0.534. The van der Waals surface area contributed by atoms with E-state index in [4.69, 9.17) is 0 Å². The summed E-state index contributed by atoms with van der Waals surface area (Å²) in [7, 11) is 1.72. The van der Waals surface area contributed by atoms with Gasteiger partial charge in [0.05, 0.1) is 0 Å². The van der Waals surface area contributed by atoms with Crippen molar-refractivity contribution in [2.24, 2.45) is 0 Å². The van der Waals surface area contributed by atoms with E-state index in [1.807, 2.05) is 72.8 Å². The third kappa shape index (κ3) is 2.76. The lowest BCUT2D eigenvalue weighted by Gasteiger charge is -2.16. The van der Waals surface area contributed by atoms with E-state index < -0.39 is 0 Å². The van der Waals surface area contributed by atoms with Gasteiger partial charge in [-0.3, -0.25) is 4.90 Å². The molecule has 1 heterocycles. The van der Waals surface area contributed by atoms with Gasteiger partial charge in [-0.1, -0.05) is 60.7 Å². The molecule has 25 heavy (non-hydrogen) atoms. The average Bonchev–Trinajstić information content (AvgIpc) is 3.17. The molecule has 5 heteroatoms. The first-order valence-electron chi connectivity index (χ1n) is 7.97. The van der Waals surface area contributed by atoms with Crippen molar-refractivity contribution in [3.63, 3.8) is 0 Å². The van der Waals surface area contributed by atoms with E-state index >= 15 is 0 Å². The van der Waals surface area contributed by atoms with Gasteiger partial charge in [0, 0.05) is 18.3 Å². The Bertz CT molecular complexity index is 1030. The number of carbonyl (C=O) groups is 1. The lowest BCUT2D eigenvalue weighted by molar-refractivity contribution is 0.246. The highest BCUT2D eigenvalue weighted by Gasteiger charge is 2.16. The molecular formula is C20H16N4O. The molecule has 0 saturated heterocycles. The Morgan fingerprint density at radius 1 is 0.920 bits per heavy atom. The van der Waals surface area contributed by atoms with Gasteiger partial charge in [0.1, 0.15) is 6.33 Å². The fourth-order valence-electron chi connectivity index (χ4n) is 2.81. The van der Waals surface area contributed by atoms with E-state index in [2.05, 4.69) is 10.1 Å². The van der Waals surface area contributed by atoms with E-state index in [1.54, 1.807) is 11.9 Å². The molecule has 0 N–H and O–H groups in total. The lowest BCUT2D eigenvalue weighted by Crippen LogP contribution is -2.31. The minimum atomic E-state index is -0.259. The molecule has 0 bridgehead atoms. The summed E-state index contributed by atoms with van der Waals surface area (Å²) in [5, 5.41) is 6.57. The van der Waals surface area contributed by atoms with Crippen LogP contribution in [0.4, 0.5) is 10.5 Å². The molecular weight excluding hydrogens is 312 g/mol. The molecule has 0 aliphatic carbocycles. The molecule has 4 rings (SSSR count). The van der Waals surface area contributed by atoms with Crippen LogP contribution in [0, 0.1) is 0 Å². The summed E-state index contributed by atoms with van der Waals surface area (Å²) < 4.78 is 1.27. The molecule has 1 amide bonds. The summed E-state index contributed by atoms with van der Waals surface area (Å²) in [4.78, 5) is 18.5. The zero-order valence-electron chi connectivity index (χ0n) is 13.7. The van der Waals surface area contributed by atoms with Gasteiger partial charge in [-0.2, -0.15) is 4.68 Å². The number of benzene rings is 3. The van der Waals surface area contributed by atoms with Crippen LogP contribution in [0.5, 0.6) is 0 Å². The first-order valence-corrected chi connectivity index (χ1v) is 7.97. The SMILES string of the molecule is CN(C(=O)n1cnc(-c2cccc3ccccc23)n1)c1ccccc1. The van der Waals surface area contributed by atoms with E-state index in [0.29, 0.717) is 5.82 Å². The van der Waals surface area contributed by atoms with Crippen molar-refractivity contribution < 1.29 is 4.79 Å². The second kappa shape index (κ2) is 6.20. The Kier molecular flexibility index (Phi) is 3.74. The Morgan fingerprint density at radius 2 is 1.64 bits per heavy atom. The first-order chi connectivity index (χ1) is 12.2. The van der Waals surface area contributed by atoms with E-state index in [0.717, 1.165) is 22.0 Å². The highest BCUT2D eigenvalue weighted by Crippen LogP contribution is 2.25. The Balaban J connectivity index is 1.69. The molecule has 0 aliphatic heterocycles. The number of hydrogen-bond acceptors (Lipinski definition) is 3.